The van der Waals surface area contributed by atoms with Crippen LogP contribution in [0.3, 0.4) is 0 Å². The van der Waals surface area contributed by atoms with Gasteiger partial charge in [-0.3, -0.25) is 9.59 Å². The van der Waals surface area contributed by atoms with E-state index < -0.39 is 6.04 Å². The van der Waals surface area contributed by atoms with Crippen LogP contribution < -0.4 is 24.3 Å². The monoisotopic (exact) mass is 430 g/mol. The molecule has 0 aliphatic carbocycles. The lowest BCUT2D eigenvalue weighted by molar-refractivity contribution is -0.142. The molecular formula is C23H30N2O6. The summed E-state index contributed by atoms with van der Waals surface area (Å²) in [6.07, 6.45) is 0. The molecule has 8 nitrogen and oxygen atoms in total. The number of nitrogens with zero attached hydrogens (tertiary/aromatic N) is 1. The van der Waals surface area contributed by atoms with Crippen molar-refractivity contribution in [2.75, 3.05) is 34.5 Å². The van der Waals surface area contributed by atoms with Crippen molar-refractivity contribution in [3.05, 3.63) is 48.0 Å². The summed E-state index contributed by atoms with van der Waals surface area (Å²) < 4.78 is 21.3. The molecule has 0 saturated carbocycles. The number of carbonyl (C=O) groups excluding carboxylic acids is 2. The zero-order chi connectivity index (χ0) is 22.8. The SMILES string of the molecule is CCNC(=O)[C@@H](C)N(Cc1ccc(OC)cc1)C(=O)COc1cc(OC)cc(OC)c1. The number of nitrogens with one attached hydrogen (secondary N) is 1. The highest BCUT2D eigenvalue weighted by molar-refractivity contribution is 5.87. The molecule has 8 heteroatoms. The molecule has 0 fully saturated rings. The Labute approximate surface area is 183 Å². The van der Waals surface area contributed by atoms with Gasteiger partial charge in [-0.1, -0.05) is 12.1 Å². The van der Waals surface area contributed by atoms with Crippen molar-refractivity contribution in [3.8, 4) is 23.0 Å². The Morgan fingerprint density at radius 2 is 1.45 bits per heavy atom. The van der Waals surface area contributed by atoms with Crippen LogP contribution in [0.15, 0.2) is 42.5 Å². The Kier molecular flexibility index (Phi) is 8.99. The first-order valence-corrected chi connectivity index (χ1v) is 9.97. The molecule has 2 rings (SSSR count). The summed E-state index contributed by atoms with van der Waals surface area (Å²) in [6, 6.07) is 11.7. The molecular weight excluding hydrogens is 400 g/mol. The van der Waals surface area contributed by atoms with Crippen LogP contribution in [0.25, 0.3) is 0 Å². The largest absolute Gasteiger partial charge is 0.497 e. The molecule has 0 spiro atoms. The van der Waals surface area contributed by atoms with Crippen LogP contribution in [0.5, 0.6) is 23.0 Å². The van der Waals surface area contributed by atoms with E-state index in [2.05, 4.69) is 5.32 Å². The Morgan fingerprint density at radius 1 is 0.903 bits per heavy atom. The van der Waals surface area contributed by atoms with E-state index in [0.29, 0.717) is 29.5 Å². The Morgan fingerprint density at radius 3 is 1.97 bits per heavy atom. The Bertz CT molecular complexity index is 847. The average molecular weight is 431 g/mol. The lowest BCUT2D eigenvalue weighted by Crippen LogP contribution is -2.49. The van der Waals surface area contributed by atoms with Gasteiger partial charge in [0, 0.05) is 31.3 Å². The maximum Gasteiger partial charge on any atom is 0.261 e. The number of carbonyl (C=O) groups is 2. The number of rotatable bonds is 11. The second kappa shape index (κ2) is 11.7. The molecule has 0 unspecified atom stereocenters. The highest BCUT2D eigenvalue weighted by atomic mass is 16.5. The molecule has 0 bridgehead atoms. The zero-order valence-electron chi connectivity index (χ0n) is 18.6. The van der Waals surface area contributed by atoms with Crippen LogP contribution in [0.1, 0.15) is 19.4 Å². The fourth-order valence-electron chi connectivity index (χ4n) is 2.92. The predicted octanol–water partition coefficient (Wildman–Crippen LogP) is 2.64. The van der Waals surface area contributed by atoms with Crippen LogP contribution in [0, 0.1) is 0 Å². The number of hydrogen-bond acceptors (Lipinski definition) is 6. The summed E-state index contributed by atoms with van der Waals surface area (Å²) in [6.45, 7) is 4.02. The molecule has 0 radical (unpaired) electrons. The molecule has 0 saturated heterocycles. The van der Waals surface area contributed by atoms with Crippen LogP contribution in [-0.2, 0) is 16.1 Å². The lowest BCUT2D eigenvalue weighted by atomic mass is 10.1. The first-order valence-electron chi connectivity index (χ1n) is 9.97. The van der Waals surface area contributed by atoms with Crippen molar-refractivity contribution < 1.29 is 28.5 Å². The smallest absolute Gasteiger partial charge is 0.261 e. The molecule has 1 atom stereocenters. The number of amides is 2. The van der Waals surface area contributed by atoms with Gasteiger partial charge in [0.05, 0.1) is 21.3 Å². The van der Waals surface area contributed by atoms with Crippen molar-refractivity contribution in [2.24, 2.45) is 0 Å². The summed E-state index contributed by atoms with van der Waals surface area (Å²) in [5.74, 6) is 1.69. The van der Waals surface area contributed by atoms with Gasteiger partial charge in [0.15, 0.2) is 6.61 Å². The maximum absolute atomic E-state index is 13.0. The normalized spacial score (nSPS) is 11.3. The van der Waals surface area contributed by atoms with Crippen molar-refractivity contribution in [1.29, 1.82) is 0 Å². The van der Waals surface area contributed by atoms with Crippen molar-refractivity contribution >= 4 is 11.8 Å². The van der Waals surface area contributed by atoms with Crippen LogP contribution >= 0.6 is 0 Å². The van der Waals surface area contributed by atoms with Gasteiger partial charge < -0.3 is 29.2 Å². The Hall–Kier alpha value is -3.42. The van der Waals surface area contributed by atoms with Gasteiger partial charge in [-0.05, 0) is 31.5 Å². The van der Waals surface area contributed by atoms with E-state index >= 15 is 0 Å². The highest BCUT2D eigenvalue weighted by Gasteiger charge is 2.26. The first-order chi connectivity index (χ1) is 14.9. The highest BCUT2D eigenvalue weighted by Crippen LogP contribution is 2.27. The fourth-order valence-corrected chi connectivity index (χ4v) is 2.92. The summed E-state index contributed by atoms with van der Waals surface area (Å²) in [5.41, 5.74) is 0.869. The maximum atomic E-state index is 13.0. The molecule has 2 amide bonds. The van der Waals surface area contributed by atoms with E-state index in [1.54, 1.807) is 32.2 Å². The molecule has 168 valence electrons. The molecule has 0 heterocycles. The zero-order valence-corrected chi connectivity index (χ0v) is 18.6. The number of methoxy groups -OCH3 is 3. The standard InChI is InChI=1S/C23H30N2O6/c1-6-24-23(27)16(2)25(14-17-7-9-18(28-3)10-8-17)22(26)15-31-21-12-19(29-4)11-20(13-21)30-5/h7-13,16H,6,14-15H2,1-5H3,(H,24,27)/t16-/m1/s1. The second-order valence-electron chi connectivity index (χ2n) is 6.78. The van der Waals surface area contributed by atoms with Gasteiger partial charge in [0.25, 0.3) is 5.91 Å². The van der Waals surface area contributed by atoms with E-state index in [9.17, 15) is 9.59 Å². The predicted molar refractivity (Wildman–Crippen MR) is 117 cm³/mol. The quantitative estimate of drug-likeness (QED) is 0.590. The van der Waals surface area contributed by atoms with Gasteiger partial charge in [-0.2, -0.15) is 0 Å². The van der Waals surface area contributed by atoms with Gasteiger partial charge in [-0.15, -0.1) is 0 Å². The van der Waals surface area contributed by atoms with E-state index in [4.69, 9.17) is 18.9 Å². The number of ether oxygens (including phenoxy) is 4. The summed E-state index contributed by atoms with van der Waals surface area (Å²) in [5, 5.41) is 2.76. The number of hydrogen-bond donors (Lipinski definition) is 1. The minimum absolute atomic E-state index is 0.229. The molecule has 0 aliphatic heterocycles. The van der Waals surface area contributed by atoms with Gasteiger partial charge >= 0.3 is 0 Å². The molecule has 0 aliphatic rings. The summed E-state index contributed by atoms with van der Waals surface area (Å²) in [4.78, 5) is 26.9. The first kappa shape index (κ1) is 23.9. The number of benzene rings is 2. The van der Waals surface area contributed by atoms with E-state index in [1.807, 2.05) is 31.2 Å². The molecule has 2 aromatic carbocycles. The molecule has 1 N–H and O–H groups in total. The van der Waals surface area contributed by atoms with Crippen LogP contribution in [-0.4, -0.2) is 57.2 Å². The third-order valence-corrected chi connectivity index (χ3v) is 4.72. The molecule has 31 heavy (non-hydrogen) atoms. The van der Waals surface area contributed by atoms with Gasteiger partial charge in [-0.25, -0.2) is 0 Å². The summed E-state index contributed by atoms with van der Waals surface area (Å²) >= 11 is 0. The minimum Gasteiger partial charge on any atom is -0.497 e. The molecule has 0 aromatic heterocycles. The second-order valence-corrected chi connectivity index (χ2v) is 6.78. The van der Waals surface area contributed by atoms with Gasteiger partial charge in [0.1, 0.15) is 29.0 Å². The lowest BCUT2D eigenvalue weighted by Gasteiger charge is -2.28. The van der Waals surface area contributed by atoms with Crippen LogP contribution in [0.4, 0.5) is 0 Å². The minimum atomic E-state index is -0.669. The van der Waals surface area contributed by atoms with E-state index in [-0.39, 0.29) is 25.0 Å². The van der Waals surface area contributed by atoms with Crippen molar-refractivity contribution in [3.63, 3.8) is 0 Å². The topological polar surface area (TPSA) is 86.3 Å². The third kappa shape index (κ3) is 6.80. The third-order valence-electron chi connectivity index (χ3n) is 4.72. The van der Waals surface area contributed by atoms with Crippen molar-refractivity contribution in [2.45, 2.75) is 26.4 Å². The summed E-state index contributed by atoms with van der Waals surface area (Å²) in [7, 11) is 4.66. The average Bonchev–Trinajstić information content (AvgIpc) is 2.80. The Balaban J connectivity index is 2.17. The van der Waals surface area contributed by atoms with E-state index in [1.165, 1.54) is 19.1 Å². The number of likely N-dealkylation sites (N-methyl/N-ethyl adjacent to an activating group) is 1. The van der Waals surface area contributed by atoms with Crippen molar-refractivity contribution in [1.82, 2.24) is 10.2 Å². The molecule has 2 aromatic rings. The van der Waals surface area contributed by atoms with Crippen LogP contribution in [0.2, 0.25) is 0 Å². The fraction of sp³-hybridized carbons (Fsp3) is 0.391. The van der Waals surface area contributed by atoms with Gasteiger partial charge in [0.2, 0.25) is 5.91 Å². The van der Waals surface area contributed by atoms with E-state index in [0.717, 1.165) is 5.56 Å².